The number of allylic oxidation sites excluding steroid dienone is 6. The second kappa shape index (κ2) is 10.3. The third-order valence-corrected chi connectivity index (χ3v) is 11.2. The number of para-hydroxylation sites is 1. The molecule has 3 aliphatic carbocycles. The summed E-state index contributed by atoms with van der Waals surface area (Å²) in [7, 11) is 0. The maximum atomic E-state index is 5.28. The molecular formula is C44H41N3. The van der Waals surface area contributed by atoms with Crippen molar-refractivity contribution in [1.82, 2.24) is 9.88 Å². The average molecular weight is 612 g/mol. The molecule has 1 aromatic heterocycles. The van der Waals surface area contributed by atoms with Gasteiger partial charge in [0.1, 0.15) is 0 Å². The van der Waals surface area contributed by atoms with Crippen LogP contribution in [0.15, 0.2) is 132 Å². The van der Waals surface area contributed by atoms with Gasteiger partial charge in [-0.2, -0.15) is 0 Å². The summed E-state index contributed by atoms with van der Waals surface area (Å²) in [5.74, 6) is 0. The Hall–Kier alpha value is -4.89. The van der Waals surface area contributed by atoms with Crippen molar-refractivity contribution in [3.8, 4) is 0 Å². The molecule has 1 aliphatic heterocycles. The number of nitrogens with one attached hydrogen (secondary N) is 1. The molecule has 9 rings (SSSR count). The number of aromatic nitrogens is 1. The van der Waals surface area contributed by atoms with Crippen LogP contribution in [0.1, 0.15) is 70.1 Å². The number of rotatable bonds is 3. The van der Waals surface area contributed by atoms with E-state index in [2.05, 4.69) is 153 Å². The van der Waals surface area contributed by atoms with Gasteiger partial charge in [-0.25, -0.2) is 4.99 Å². The Morgan fingerprint density at radius 1 is 0.723 bits per heavy atom. The first-order chi connectivity index (χ1) is 22.8. The van der Waals surface area contributed by atoms with Gasteiger partial charge in [-0.05, 0) is 100 Å². The van der Waals surface area contributed by atoms with E-state index in [1.807, 2.05) is 0 Å². The van der Waals surface area contributed by atoms with E-state index in [1.54, 1.807) is 0 Å². The van der Waals surface area contributed by atoms with Crippen LogP contribution < -0.4 is 5.32 Å². The summed E-state index contributed by atoms with van der Waals surface area (Å²) in [4.78, 5) is 5.28. The zero-order valence-electron chi connectivity index (χ0n) is 27.8. The monoisotopic (exact) mass is 611 g/mol. The van der Waals surface area contributed by atoms with E-state index >= 15 is 0 Å². The van der Waals surface area contributed by atoms with Gasteiger partial charge in [-0.3, -0.25) is 0 Å². The van der Waals surface area contributed by atoms with Crippen LogP contribution in [0, 0.1) is 0 Å². The molecule has 0 spiro atoms. The van der Waals surface area contributed by atoms with Crippen molar-refractivity contribution in [2.45, 2.75) is 70.3 Å². The molecule has 0 bridgehead atoms. The van der Waals surface area contributed by atoms with Gasteiger partial charge in [0.15, 0.2) is 0 Å². The Bertz CT molecular complexity index is 2330. The minimum atomic E-state index is 0.0848. The highest BCUT2D eigenvalue weighted by Gasteiger charge is 2.38. The second-order valence-electron chi connectivity index (χ2n) is 15.1. The molecule has 1 unspecified atom stereocenters. The quantitative estimate of drug-likeness (QED) is 0.216. The summed E-state index contributed by atoms with van der Waals surface area (Å²) < 4.78 is 2.55. The smallest absolute Gasteiger partial charge is 0.0940 e. The largest absolute Gasteiger partial charge is 0.371 e. The van der Waals surface area contributed by atoms with Crippen molar-refractivity contribution < 1.29 is 0 Å². The molecule has 3 heteroatoms. The molecule has 0 amide bonds. The topological polar surface area (TPSA) is 29.3 Å². The highest BCUT2D eigenvalue weighted by atomic mass is 15.0. The number of nitrogens with zero attached hydrogens (tertiary/aromatic N) is 2. The van der Waals surface area contributed by atoms with Crippen molar-refractivity contribution in [2.75, 3.05) is 0 Å². The minimum absolute atomic E-state index is 0.0848. The molecule has 0 radical (unpaired) electrons. The molecule has 4 aromatic carbocycles. The van der Waals surface area contributed by atoms with E-state index in [9.17, 15) is 0 Å². The zero-order valence-corrected chi connectivity index (χ0v) is 27.8. The van der Waals surface area contributed by atoms with Crippen LogP contribution in [-0.2, 0) is 10.8 Å². The highest BCUT2D eigenvalue weighted by Crippen LogP contribution is 2.49. The second-order valence-corrected chi connectivity index (χ2v) is 15.1. The van der Waals surface area contributed by atoms with Crippen molar-refractivity contribution in [3.05, 3.63) is 143 Å². The Balaban J connectivity index is 1.20. The van der Waals surface area contributed by atoms with Crippen LogP contribution in [0.5, 0.6) is 0 Å². The molecule has 5 aromatic rings. The van der Waals surface area contributed by atoms with Crippen molar-refractivity contribution in [1.29, 1.82) is 0 Å². The summed E-state index contributed by atoms with van der Waals surface area (Å²) in [5, 5.41) is 9.08. The number of hydrogen-bond donors (Lipinski definition) is 1. The fraction of sp³-hybridized carbons (Fsp3) is 0.250. The molecule has 4 aliphatic rings. The number of hydrogen-bond acceptors (Lipinski definition) is 2. The standard InChI is InChI=1S/C44H41N3/c1-43(2)23-24-44(3,4)36-27-40-34(26-35(36)43)33-13-7-10-16-39(33)47(40)32-21-19-29(20-22-32)41-42(46-38-15-9-8-14-37(38)45-41)31-18-17-28-11-5-6-12-30(28)25-31/h5-19,21,25-27,37,45H,20,22-24H2,1-4H3. The summed E-state index contributed by atoms with van der Waals surface area (Å²) in [6.45, 7) is 9.71. The van der Waals surface area contributed by atoms with E-state index in [1.165, 1.54) is 67.8 Å². The molecular weight excluding hydrogens is 571 g/mol. The van der Waals surface area contributed by atoms with Crippen LogP contribution >= 0.6 is 0 Å². The summed E-state index contributed by atoms with van der Waals surface area (Å²) in [6, 6.07) is 29.4. The molecule has 0 saturated carbocycles. The molecule has 47 heavy (non-hydrogen) atoms. The van der Waals surface area contributed by atoms with E-state index in [-0.39, 0.29) is 16.9 Å². The number of benzene rings is 4. The Morgan fingerprint density at radius 2 is 1.49 bits per heavy atom. The van der Waals surface area contributed by atoms with E-state index in [0.717, 1.165) is 35.5 Å². The summed E-state index contributed by atoms with van der Waals surface area (Å²) >= 11 is 0. The van der Waals surface area contributed by atoms with E-state index in [0.29, 0.717) is 0 Å². The Labute approximate surface area is 277 Å². The fourth-order valence-electron chi connectivity index (χ4n) is 8.32. The third kappa shape index (κ3) is 4.51. The van der Waals surface area contributed by atoms with Gasteiger partial charge < -0.3 is 9.88 Å². The minimum Gasteiger partial charge on any atom is -0.371 e. The highest BCUT2D eigenvalue weighted by molar-refractivity contribution is 6.11. The molecule has 232 valence electrons. The molecule has 0 fully saturated rings. The molecule has 0 saturated heterocycles. The Kier molecular flexibility index (Phi) is 6.21. The lowest BCUT2D eigenvalue weighted by Crippen LogP contribution is -2.38. The normalized spacial score (nSPS) is 21.3. The SMILES string of the molecule is CC1(C)CCC(C)(C)c2cc3c(cc21)c1ccccc1n3C1=CC=C(C2=C(c3ccc4ccccc4c3)N=C3C=CC=CC3N2)CC1. The lowest BCUT2D eigenvalue weighted by Gasteiger charge is -2.42. The molecule has 3 nitrogen and oxygen atoms in total. The summed E-state index contributed by atoms with van der Waals surface area (Å²) in [5.41, 5.74) is 13.0. The van der Waals surface area contributed by atoms with E-state index in [4.69, 9.17) is 4.99 Å². The van der Waals surface area contributed by atoms with Crippen molar-refractivity contribution in [2.24, 2.45) is 4.99 Å². The van der Waals surface area contributed by atoms with Gasteiger partial charge in [0, 0.05) is 22.0 Å². The molecule has 1 N–H and O–H groups in total. The predicted molar refractivity (Wildman–Crippen MR) is 200 cm³/mol. The lowest BCUT2D eigenvalue weighted by molar-refractivity contribution is 0.332. The molecule has 2 heterocycles. The first kappa shape index (κ1) is 28.3. The van der Waals surface area contributed by atoms with Crippen LogP contribution in [0.4, 0.5) is 0 Å². The Morgan fingerprint density at radius 3 is 2.30 bits per heavy atom. The predicted octanol–water partition coefficient (Wildman–Crippen LogP) is 10.8. The van der Waals surface area contributed by atoms with Gasteiger partial charge in [0.2, 0.25) is 0 Å². The van der Waals surface area contributed by atoms with Crippen LogP contribution in [0.3, 0.4) is 0 Å². The third-order valence-electron chi connectivity index (χ3n) is 11.2. The lowest BCUT2D eigenvalue weighted by atomic mass is 9.63. The van der Waals surface area contributed by atoms with Gasteiger partial charge >= 0.3 is 0 Å². The zero-order chi connectivity index (χ0) is 31.9. The van der Waals surface area contributed by atoms with Crippen molar-refractivity contribution in [3.63, 3.8) is 0 Å². The first-order valence-electron chi connectivity index (χ1n) is 17.2. The van der Waals surface area contributed by atoms with E-state index < -0.39 is 0 Å². The summed E-state index contributed by atoms with van der Waals surface area (Å²) in [6.07, 6.45) is 17.6. The van der Waals surface area contributed by atoms with Gasteiger partial charge in [-0.1, -0.05) is 107 Å². The van der Waals surface area contributed by atoms with Crippen LogP contribution in [-0.4, -0.2) is 16.3 Å². The number of fused-ring (bicyclic) bond motifs is 6. The number of aliphatic imine (C=N–C) groups is 1. The van der Waals surface area contributed by atoms with Gasteiger partial charge in [0.25, 0.3) is 0 Å². The van der Waals surface area contributed by atoms with Gasteiger partial charge in [0.05, 0.1) is 34.2 Å². The first-order valence-corrected chi connectivity index (χ1v) is 17.2. The maximum absolute atomic E-state index is 5.28. The fourth-order valence-corrected chi connectivity index (χ4v) is 8.32. The van der Waals surface area contributed by atoms with Crippen molar-refractivity contribution >= 4 is 49.7 Å². The van der Waals surface area contributed by atoms with Crippen LogP contribution in [0.2, 0.25) is 0 Å². The van der Waals surface area contributed by atoms with Gasteiger partial charge in [-0.15, -0.1) is 0 Å². The maximum Gasteiger partial charge on any atom is 0.0940 e. The van der Waals surface area contributed by atoms with Crippen LogP contribution in [0.25, 0.3) is 44.0 Å². The molecule has 1 atom stereocenters. The average Bonchev–Trinajstić information content (AvgIpc) is 3.43.